The van der Waals surface area contributed by atoms with Gasteiger partial charge in [-0.25, -0.2) is 0 Å². The lowest BCUT2D eigenvalue weighted by molar-refractivity contribution is -0.118. The van der Waals surface area contributed by atoms with E-state index >= 15 is 0 Å². The molecule has 1 aliphatic rings. The molecule has 0 unspecified atom stereocenters. The van der Waals surface area contributed by atoms with Crippen LogP contribution in [-0.2, 0) is 14.3 Å². The highest BCUT2D eigenvalue weighted by atomic mass is 16.5. The Bertz CT molecular complexity index is 223. The van der Waals surface area contributed by atoms with Crippen LogP contribution in [0.1, 0.15) is 52.4 Å². The number of hydrogen-bond donors (Lipinski definition) is 1. The number of ether oxygens (including phenoxy) is 2. The first-order chi connectivity index (χ1) is 8.08. The minimum Gasteiger partial charge on any atom is -0.378 e. The molecule has 0 bridgehead atoms. The van der Waals surface area contributed by atoms with Crippen molar-refractivity contribution < 1.29 is 14.3 Å². The number of amides is 1. The lowest BCUT2D eigenvalue weighted by Crippen LogP contribution is -2.28. The molecule has 100 valence electrons. The summed E-state index contributed by atoms with van der Waals surface area (Å²) in [5.74, 6) is -0.248. The minimum atomic E-state index is -0.248. The zero-order chi connectivity index (χ0) is 12.7. The van der Waals surface area contributed by atoms with Crippen molar-refractivity contribution in [2.45, 2.75) is 70.7 Å². The summed E-state index contributed by atoms with van der Waals surface area (Å²) in [4.78, 5) is 10.5. The van der Waals surface area contributed by atoms with Gasteiger partial charge in [-0.2, -0.15) is 0 Å². The van der Waals surface area contributed by atoms with Crippen LogP contribution >= 0.6 is 0 Å². The fourth-order valence-electron chi connectivity index (χ4n) is 2.22. The van der Waals surface area contributed by atoms with E-state index in [-0.39, 0.29) is 5.91 Å². The topological polar surface area (TPSA) is 61.6 Å². The van der Waals surface area contributed by atoms with Crippen LogP contribution in [0.15, 0.2) is 0 Å². The molecule has 4 nitrogen and oxygen atoms in total. The van der Waals surface area contributed by atoms with Crippen LogP contribution in [0.3, 0.4) is 0 Å². The average molecular weight is 243 g/mol. The van der Waals surface area contributed by atoms with Crippen molar-refractivity contribution in [2.24, 2.45) is 5.73 Å². The van der Waals surface area contributed by atoms with E-state index in [9.17, 15) is 4.79 Å². The Hall–Kier alpha value is -0.610. The van der Waals surface area contributed by atoms with Crippen molar-refractivity contribution in [1.29, 1.82) is 0 Å². The van der Waals surface area contributed by atoms with Gasteiger partial charge in [-0.1, -0.05) is 0 Å². The number of nitrogens with two attached hydrogens (primary N) is 1. The van der Waals surface area contributed by atoms with Crippen molar-refractivity contribution in [3.63, 3.8) is 0 Å². The van der Waals surface area contributed by atoms with Crippen molar-refractivity contribution in [1.82, 2.24) is 0 Å². The minimum absolute atomic E-state index is 0.248. The fraction of sp³-hybridized carbons (Fsp3) is 0.923. The molecule has 0 aromatic rings. The largest absolute Gasteiger partial charge is 0.378 e. The van der Waals surface area contributed by atoms with Crippen LogP contribution in [0.2, 0.25) is 0 Å². The van der Waals surface area contributed by atoms with E-state index in [1.807, 2.05) is 0 Å². The molecule has 0 aromatic carbocycles. The summed E-state index contributed by atoms with van der Waals surface area (Å²) in [7, 11) is 0. The molecule has 1 fully saturated rings. The molecule has 1 aliphatic carbocycles. The first-order valence-corrected chi connectivity index (χ1v) is 6.63. The molecule has 2 N–H and O–H groups in total. The first kappa shape index (κ1) is 14.5. The van der Waals surface area contributed by atoms with Crippen molar-refractivity contribution >= 4 is 5.91 Å². The number of primary amides is 1. The van der Waals surface area contributed by atoms with Gasteiger partial charge in [0.05, 0.1) is 18.3 Å². The van der Waals surface area contributed by atoms with Gasteiger partial charge in [-0.15, -0.1) is 0 Å². The maximum Gasteiger partial charge on any atom is 0.217 e. The normalized spacial score (nSPS) is 25.1. The highest BCUT2D eigenvalue weighted by molar-refractivity contribution is 5.73. The van der Waals surface area contributed by atoms with E-state index in [0.29, 0.717) is 31.3 Å². The van der Waals surface area contributed by atoms with Crippen LogP contribution in [0.25, 0.3) is 0 Å². The number of rotatable bonds is 7. The van der Waals surface area contributed by atoms with Gasteiger partial charge in [0.2, 0.25) is 5.91 Å². The van der Waals surface area contributed by atoms with E-state index in [1.54, 1.807) is 0 Å². The van der Waals surface area contributed by atoms with Crippen molar-refractivity contribution in [3.8, 4) is 0 Å². The molecule has 0 atom stereocenters. The third-order valence-corrected chi connectivity index (χ3v) is 3.01. The third kappa shape index (κ3) is 6.64. The van der Waals surface area contributed by atoms with E-state index in [2.05, 4.69) is 13.8 Å². The average Bonchev–Trinajstić information content (AvgIpc) is 2.25. The van der Waals surface area contributed by atoms with Gasteiger partial charge in [-0.05, 0) is 46.0 Å². The second kappa shape index (κ2) is 7.67. The van der Waals surface area contributed by atoms with E-state index in [1.165, 1.54) is 0 Å². The van der Waals surface area contributed by atoms with Crippen molar-refractivity contribution in [2.75, 3.05) is 6.61 Å². The number of carbonyl (C=O) groups excluding carboxylic acids is 1. The van der Waals surface area contributed by atoms with Crippen LogP contribution in [0, 0.1) is 0 Å². The molecule has 0 aliphatic heterocycles. The van der Waals surface area contributed by atoms with Crippen LogP contribution in [-0.4, -0.2) is 30.8 Å². The second-order valence-electron chi connectivity index (χ2n) is 5.02. The molecule has 4 heteroatoms. The Morgan fingerprint density at radius 2 is 1.82 bits per heavy atom. The van der Waals surface area contributed by atoms with E-state index < -0.39 is 0 Å². The lowest BCUT2D eigenvalue weighted by atomic mass is 9.95. The van der Waals surface area contributed by atoms with Crippen LogP contribution in [0.4, 0.5) is 0 Å². The summed E-state index contributed by atoms with van der Waals surface area (Å²) in [6, 6.07) is 0. The van der Waals surface area contributed by atoms with Gasteiger partial charge >= 0.3 is 0 Å². The predicted octanol–water partition coefficient (Wildman–Crippen LogP) is 2.00. The number of carbonyl (C=O) groups is 1. The predicted molar refractivity (Wildman–Crippen MR) is 66.6 cm³/mol. The standard InChI is InChI=1S/C13H25NO3/c1-10(2)17-12-7-5-11(6-8-12)16-9-3-4-13(14)15/h10-12H,3-9H2,1-2H3,(H2,14,15). The molecule has 17 heavy (non-hydrogen) atoms. The SMILES string of the molecule is CC(C)OC1CCC(OCCCC(N)=O)CC1. The number of hydrogen-bond acceptors (Lipinski definition) is 3. The van der Waals surface area contributed by atoms with E-state index in [4.69, 9.17) is 15.2 Å². The maximum atomic E-state index is 10.5. The molecule has 1 amide bonds. The molecule has 0 heterocycles. The van der Waals surface area contributed by atoms with E-state index in [0.717, 1.165) is 32.1 Å². The summed E-state index contributed by atoms with van der Waals surface area (Å²) < 4.78 is 11.5. The summed E-state index contributed by atoms with van der Waals surface area (Å²) in [5.41, 5.74) is 5.07. The van der Waals surface area contributed by atoms with Crippen LogP contribution in [0.5, 0.6) is 0 Å². The highest BCUT2D eigenvalue weighted by Crippen LogP contribution is 2.24. The molecule has 0 spiro atoms. The zero-order valence-electron chi connectivity index (χ0n) is 11.0. The van der Waals surface area contributed by atoms with Crippen molar-refractivity contribution in [3.05, 3.63) is 0 Å². The Morgan fingerprint density at radius 1 is 1.24 bits per heavy atom. The van der Waals surface area contributed by atoms with Gasteiger partial charge in [0.15, 0.2) is 0 Å². The van der Waals surface area contributed by atoms with Gasteiger partial charge in [0, 0.05) is 13.0 Å². The molecular weight excluding hydrogens is 218 g/mol. The Morgan fingerprint density at radius 3 is 2.35 bits per heavy atom. The Labute approximate surface area is 104 Å². The van der Waals surface area contributed by atoms with Crippen LogP contribution < -0.4 is 5.73 Å². The van der Waals surface area contributed by atoms with Gasteiger partial charge in [0.1, 0.15) is 0 Å². The summed E-state index contributed by atoms with van der Waals surface area (Å²) in [6.45, 7) is 4.79. The van der Waals surface area contributed by atoms with Gasteiger partial charge in [0.25, 0.3) is 0 Å². The molecule has 1 rings (SSSR count). The Kier molecular flexibility index (Phi) is 6.52. The van der Waals surface area contributed by atoms with Gasteiger partial charge in [-0.3, -0.25) is 4.79 Å². The molecule has 0 aromatic heterocycles. The summed E-state index contributed by atoms with van der Waals surface area (Å²) >= 11 is 0. The molecule has 0 radical (unpaired) electrons. The second-order valence-corrected chi connectivity index (χ2v) is 5.02. The molecular formula is C13H25NO3. The Balaban J connectivity index is 2.04. The smallest absolute Gasteiger partial charge is 0.217 e. The third-order valence-electron chi connectivity index (χ3n) is 3.01. The molecule has 1 saturated carbocycles. The summed E-state index contributed by atoms with van der Waals surface area (Å²) in [6.07, 6.45) is 6.51. The monoisotopic (exact) mass is 243 g/mol. The quantitative estimate of drug-likeness (QED) is 0.696. The summed E-state index contributed by atoms with van der Waals surface area (Å²) in [5, 5.41) is 0. The zero-order valence-corrected chi connectivity index (χ0v) is 11.0. The highest BCUT2D eigenvalue weighted by Gasteiger charge is 2.22. The first-order valence-electron chi connectivity index (χ1n) is 6.63. The maximum absolute atomic E-state index is 10.5. The van der Waals surface area contributed by atoms with Gasteiger partial charge < -0.3 is 15.2 Å². The fourth-order valence-corrected chi connectivity index (χ4v) is 2.22. The molecule has 0 saturated heterocycles. The lowest BCUT2D eigenvalue weighted by Gasteiger charge is -2.29.